The highest BCUT2D eigenvalue weighted by Gasteiger charge is 2.45. The first-order valence-corrected chi connectivity index (χ1v) is 4.71. The van der Waals surface area contributed by atoms with Gasteiger partial charge in [-0.05, 0) is 19.3 Å². The normalized spacial score (nSPS) is 17.1. The van der Waals surface area contributed by atoms with Crippen molar-refractivity contribution in [3.63, 3.8) is 0 Å². The van der Waals surface area contributed by atoms with Crippen molar-refractivity contribution in [3.8, 4) is 0 Å². The fourth-order valence-electron chi connectivity index (χ4n) is 1.74. The monoisotopic (exact) mass is 192 g/mol. The molecule has 4 N–H and O–H groups in total. The summed E-state index contributed by atoms with van der Waals surface area (Å²) in [6, 6.07) is 0. The Morgan fingerprint density at radius 3 is 1.77 bits per heavy atom. The van der Waals surface area contributed by atoms with Crippen molar-refractivity contribution in [1.29, 1.82) is 0 Å². The molecule has 0 aliphatic carbocycles. The van der Waals surface area contributed by atoms with Crippen LogP contribution in [0, 0.1) is 5.41 Å². The number of hydrogen-bond donors (Lipinski definition) is 4. The van der Waals surface area contributed by atoms with Gasteiger partial charge in [0.25, 0.3) is 5.97 Å². The van der Waals surface area contributed by atoms with Crippen LogP contribution in [-0.4, -0.2) is 33.0 Å². The van der Waals surface area contributed by atoms with Gasteiger partial charge in [0.2, 0.25) is 0 Å². The third-order valence-corrected chi connectivity index (χ3v) is 2.71. The van der Waals surface area contributed by atoms with Gasteiger partial charge in [0, 0.05) is 6.61 Å². The SMILES string of the molecule is CCCC(CC)(CCO)C(O)(O)O. The largest absolute Gasteiger partial charge is 0.396 e. The predicted molar refractivity (Wildman–Crippen MR) is 48.7 cm³/mol. The molecule has 0 aromatic carbocycles. The average molecular weight is 192 g/mol. The van der Waals surface area contributed by atoms with E-state index in [4.69, 9.17) is 5.11 Å². The highest BCUT2D eigenvalue weighted by atomic mass is 16.7. The van der Waals surface area contributed by atoms with E-state index in [0.717, 1.165) is 6.42 Å². The highest BCUT2D eigenvalue weighted by molar-refractivity contribution is 4.83. The van der Waals surface area contributed by atoms with E-state index in [-0.39, 0.29) is 13.0 Å². The van der Waals surface area contributed by atoms with Gasteiger partial charge in [0.1, 0.15) is 0 Å². The average Bonchev–Trinajstić information content (AvgIpc) is 2.02. The van der Waals surface area contributed by atoms with E-state index in [0.29, 0.717) is 12.8 Å². The molecule has 0 saturated heterocycles. The van der Waals surface area contributed by atoms with Gasteiger partial charge in [0.05, 0.1) is 5.41 Å². The maximum Gasteiger partial charge on any atom is 0.281 e. The predicted octanol–water partition coefficient (Wildman–Crippen LogP) is 0.196. The molecule has 4 nitrogen and oxygen atoms in total. The van der Waals surface area contributed by atoms with Crippen molar-refractivity contribution in [2.75, 3.05) is 6.61 Å². The first-order chi connectivity index (χ1) is 5.93. The van der Waals surface area contributed by atoms with Crippen molar-refractivity contribution in [1.82, 2.24) is 0 Å². The number of aliphatic hydroxyl groups is 4. The van der Waals surface area contributed by atoms with Gasteiger partial charge in [-0.15, -0.1) is 0 Å². The smallest absolute Gasteiger partial charge is 0.281 e. The Morgan fingerprint density at radius 1 is 1.00 bits per heavy atom. The second-order valence-electron chi connectivity index (χ2n) is 3.49. The van der Waals surface area contributed by atoms with Gasteiger partial charge >= 0.3 is 0 Å². The molecule has 0 fully saturated rings. The Balaban J connectivity index is 4.64. The minimum absolute atomic E-state index is 0.155. The third-order valence-electron chi connectivity index (χ3n) is 2.71. The Hall–Kier alpha value is -0.160. The summed E-state index contributed by atoms with van der Waals surface area (Å²) in [5.41, 5.74) is -1.00. The quantitative estimate of drug-likeness (QED) is 0.453. The summed E-state index contributed by atoms with van der Waals surface area (Å²) >= 11 is 0. The van der Waals surface area contributed by atoms with Crippen molar-refractivity contribution >= 4 is 0 Å². The molecule has 0 bridgehead atoms. The molecule has 0 aromatic heterocycles. The maximum absolute atomic E-state index is 9.19. The Morgan fingerprint density at radius 2 is 1.54 bits per heavy atom. The van der Waals surface area contributed by atoms with E-state index >= 15 is 0 Å². The minimum Gasteiger partial charge on any atom is -0.396 e. The summed E-state index contributed by atoms with van der Waals surface area (Å²) in [4.78, 5) is 0. The molecular formula is C9H20O4. The van der Waals surface area contributed by atoms with Crippen molar-refractivity contribution in [3.05, 3.63) is 0 Å². The van der Waals surface area contributed by atoms with E-state index in [1.54, 1.807) is 6.92 Å². The van der Waals surface area contributed by atoms with Crippen molar-refractivity contribution < 1.29 is 20.4 Å². The second-order valence-corrected chi connectivity index (χ2v) is 3.49. The summed E-state index contributed by atoms with van der Waals surface area (Å²) in [7, 11) is 0. The molecular weight excluding hydrogens is 172 g/mol. The van der Waals surface area contributed by atoms with E-state index in [1.807, 2.05) is 6.92 Å². The molecule has 1 atom stereocenters. The Bertz CT molecular complexity index is 133. The van der Waals surface area contributed by atoms with Crippen LogP contribution in [0.2, 0.25) is 0 Å². The third kappa shape index (κ3) is 2.91. The van der Waals surface area contributed by atoms with Gasteiger partial charge in [-0.1, -0.05) is 20.3 Å². The number of hydrogen-bond acceptors (Lipinski definition) is 4. The zero-order chi connectivity index (χ0) is 10.5. The summed E-state index contributed by atoms with van der Waals surface area (Å²) in [5, 5.41) is 36.4. The molecule has 0 aliphatic rings. The molecule has 0 radical (unpaired) electrons. The standard InChI is InChI=1S/C9H20O4/c1-3-5-8(4-2,6-7-10)9(11,12)13/h10-13H,3-7H2,1-2H3. The van der Waals surface area contributed by atoms with Crippen LogP contribution in [0.3, 0.4) is 0 Å². The van der Waals surface area contributed by atoms with E-state index in [9.17, 15) is 15.3 Å². The summed E-state index contributed by atoms with van der Waals surface area (Å²) in [6.07, 6.45) is 1.83. The summed E-state index contributed by atoms with van der Waals surface area (Å²) in [5.74, 6) is -2.69. The van der Waals surface area contributed by atoms with Crippen molar-refractivity contribution in [2.24, 2.45) is 5.41 Å². The molecule has 0 aromatic rings. The van der Waals surface area contributed by atoms with Crippen LogP contribution >= 0.6 is 0 Å². The topological polar surface area (TPSA) is 80.9 Å². The maximum atomic E-state index is 9.19. The second kappa shape index (κ2) is 4.91. The minimum atomic E-state index is -2.69. The molecule has 0 spiro atoms. The summed E-state index contributed by atoms with van der Waals surface area (Å²) < 4.78 is 0. The van der Waals surface area contributed by atoms with Crippen LogP contribution in [0.5, 0.6) is 0 Å². The van der Waals surface area contributed by atoms with Crippen LogP contribution in [0.25, 0.3) is 0 Å². The van der Waals surface area contributed by atoms with E-state index in [1.165, 1.54) is 0 Å². The zero-order valence-corrected chi connectivity index (χ0v) is 8.32. The molecule has 0 amide bonds. The Kier molecular flexibility index (Phi) is 4.85. The van der Waals surface area contributed by atoms with Crippen LogP contribution in [0.4, 0.5) is 0 Å². The zero-order valence-electron chi connectivity index (χ0n) is 8.32. The molecule has 1 unspecified atom stereocenters. The lowest BCUT2D eigenvalue weighted by molar-refractivity contribution is -0.379. The molecule has 0 heterocycles. The van der Waals surface area contributed by atoms with Gasteiger partial charge in [-0.2, -0.15) is 0 Å². The molecule has 13 heavy (non-hydrogen) atoms. The van der Waals surface area contributed by atoms with Crippen LogP contribution in [0.1, 0.15) is 39.5 Å². The van der Waals surface area contributed by atoms with Gasteiger partial charge < -0.3 is 20.4 Å². The van der Waals surface area contributed by atoms with Crippen LogP contribution in [0.15, 0.2) is 0 Å². The first-order valence-electron chi connectivity index (χ1n) is 4.71. The lowest BCUT2D eigenvalue weighted by Gasteiger charge is -2.39. The lowest BCUT2D eigenvalue weighted by Crippen LogP contribution is -2.48. The number of aliphatic hydroxyl groups excluding tert-OH is 1. The highest BCUT2D eigenvalue weighted by Crippen LogP contribution is 2.39. The molecule has 0 saturated carbocycles. The first kappa shape index (κ1) is 12.8. The van der Waals surface area contributed by atoms with Gasteiger partial charge in [-0.3, -0.25) is 0 Å². The molecule has 4 heteroatoms. The van der Waals surface area contributed by atoms with E-state index in [2.05, 4.69) is 0 Å². The Labute approximate surface area is 78.8 Å². The van der Waals surface area contributed by atoms with Crippen LogP contribution < -0.4 is 0 Å². The fraction of sp³-hybridized carbons (Fsp3) is 1.00. The van der Waals surface area contributed by atoms with E-state index < -0.39 is 11.4 Å². The van der Waals surface area contributed by atoms with Crippen LogP contribution in [-0.2, 0) is 0 Å². The molecule has 80 valence electrons. The number of rotatable bonds is 6. The molecule has 0 aliphatic heterocycles. The molecule has 0 rings (SSSR count). The summed E-state index contributed by atoms with van der Waals surface area (Å²) in [6.45, 7) is 3.51. The fourth-order valence-corrected chi connectivity index (χ4v) is 1.74. The lowest BCUT2D eigenvalue weighted by atomic mass is 9.75. The van der Waals surface area contributed by atoms with Gasteiger partial charge in [0.15, 0.2) is 0 Å². The van der Waals surface area contributed by atoms with Gasteiger partial charge in [-0.25, -0.2) is 0 Å². The van der Waals surface area contributed by atoms with Crippen molar-refractivity contribution in [2.45, 2.75) is 45.5 Å².